The third-order valence-electron chi connectivity index (χ3n) is 1.88. The van der Waals surface area contributed by atoms with E-state index in [0.717, 1.165) is 11.1 Å². The molecule has 0 saturated carbocycles. The van der Waals surface area contributed by atoms with E-state index in [-0.39, 0.29) is 6.61 Å². The van der Waals surface area contributed by atoms with Crippen LogP contribution in [0, 0.1) is 6.92 Å². The van der Waals surface area contributed by atoms with E-state index in [9.17, 15) is 0 Å². The van der Waals surface area contributed by atoms with Gasteiger partial charge in [0, 0.05) is 0 Å². The first-order valence-electron chi connectivity index (χ1n) is 4.27. The van der Waals surface area contributed by atoms with Gasteiger partial charge in [-0.15, -0.1) is 0 Å². The summed E-state index contributed by atoms with van der Waals surface area (Å²) in [5.41, 5.74) is 3.20. The molecular weight excluding hydrogens is 160 g/mol. The minimum absolute atomic E-state index is 0.0805. The Morgan fingerprint density at radius 2 is 2.23 bits per heavy atom. The molecule has 0 radical (unpaired) electrons. The van der Waals surface area contributed by atoms with Gasteiger partial charge in [0.2, 0.25) is 0 Å². The maximum absolute atomic E-state index is 9.05. The van der Waals surface area contributed by atoms with E-state index in [1.165, 1.54) is 5.56 Å². The molecule has 0 saturated heterocycles. The molecule has 0 aliphatic carbocycles. The molecule has 0 unspecified atom stereocenters. The van der Waals surface area contributed by atoms with Crippen molar-refractivity contribution in [3.05, 3.63) is 53.6 Å². The predicted molar refractivity (Wildman–Crippen MR) is 56.3 cm³/mol. The van der Waals surface area contributed by atoms with Crippen molar-refractivity contribution in [3.8, 4) is 0 Å². The van der Waals surface area contributed by atoms with Gasteiger partial charge >= 0.3 is 0 Å². The van der Waals surface area contributed by atoms with Crippen LogP contribution in [0.2, 0.25) is 0 Å². The molecule has 13 heavy (non-hydrogen) atoms. The van der Waals surface area contributed by atoms with Crippen LogP contribution < -0.4 is 0 Å². The summed E-state index contributed by atoms with van der Waals surface area (Å²) < 4.78 is 0. The first-order valence-corrected chi connectivity index (χ1v) is 4.27. The molecule has 0 bridgehead atoms. The van der Waals surface area contributed by atoms with Crippen LogP contribution in [0.15, 0.2) is 36.9 Å². The molecule has 68 valence electrons. The highest BCUT2D eigenvalue weighted by Gasteiger charge is 1.97. The monoisotopic (exact) mass is 174 g/mol. The summed E-state index contributed by atoms with van der Waals surface area (Å²) >= 11 is 0. The standard InChI is InChI=1S/C12H14O/c1-3-4-5-11-8-10(2)6-7-12(11)9-13/h3-8,13H,1,9H2,2H3/b5-4+. The largest absolute Gasteiger partial charge is 0.392 e. The zero-order valence-corrected chi connectivity index (χ0v) is 7.83. The lowest BCUT2D eigenvalue weighted by Gasteiger charge is -2.03. The van der Waals surface area contributed by atoms with Gasteiger partial charge in [0.05, 0.1) is 6.61 Å². The van der Waals surface area contributed by atoms with E-state index < -0.39 is 0 Å². The van der Waals surface area contributed by atoms with Crippen molar-refractivity contribution >= 4 is 6.08 Å². The van der Waals surface area contributed by atoms with Crippen molar-refractivity contribution in [1.29, 1.82) is 0 Å². The normalized spacial score (nSPS) is 10.6. The molecule has 0 aliphatic heterocycles. The van der Waals surface area contributed by atoms with Crippen molar-refractivity contribution in [2.45, 2.75) is 13.5 Å². The zero-order chi connectivity index (χ0) is 9.68. The maximum atomic E-state index is 9.05. The van der Waals surface area contributed by atoms with Crippen LogP contribution in [0.25, 0.3) is 6.08 Å². The van der Waals surface area contributed by atoms with Gasteiger partial charge in [-0.25, -0.2) is 0 Å². The summed E-state index contributed by atoms with van der Waals surface area (Å²) in [5.74, 6) is 0. The second-order valence-corrected chi connectivity index (χ2v) is 2.96. The average Bonchev–Trinajstić information content (AvgIpc) is 2.15. The second-order valence-electron chi connectivity index (χ2n) is 2.96. The lowest BCUT2D eigenvalue weighted by atomic mass is 10.0. The summed E-state index contributed by atoms with van der Waals surface area (Å²) in [6.07, 6.45) is 5.54. The lowest BCUT2D eigenvalue weighted by Crippen LogP contribution is -1.88. The highest BCUT2D eigenvalue weighted by molar-refractivity contribution is 5.56. The summed E-state index contributed by atoms with van der Waals surface area (Å²) in [5, 5.41) is 9.05. The summed E-state index contributed by atoms with van der Waals surface area (Å²) in [6, 6.07) is 5.99. The number of hydrogen-bond acceptors (Lipinski definition) is 1. The summed E-state index contributed by atoms with van der Waals surface area (Å²) in [4.78, 5) is 0. The number of aliphatic hydroxyl groups excluding tert-OH is 1. The van der Waals surface area contributed by atoms with Crippen molar-refractivity contribution in [2.75, 3.05) is 0 Å². The van der Waals surface area contributed by atoms with Gasteiger partial charge in [0.15, 0.2) is 0 Å². The highest BCUT2D eigenvalue weighted by atomic mass is 16.3. The van der Waals surface area contributed by atoms with Crippen LogP contribution in [0.3, 0.4) is 0 Å². The van der Waals surface area contributed by atoms with E-state index in [4.69, 9.17) is 5.11 Å². The fourth-order valence-electron chi connectivity index (χ4n) is 1.19. The third kappa shape index (κ3) is 2.56. The van der Waals surface area contributed by atoms with Crippen molar-refractivity contribution in [2.24, 2.45) is 0 Å². The quantitative estimate of drug-likeness (QED) is 0.698. The Kier molecular flexibility index (Phi) is 3.47. The number of rotatable bonds is 3. The molecule has 0 aliphatic rings. The van der Waals surface area contributed by atoms with E-state index in [0.29, 0.717) is 0 Å². The van der Waals surface area contributed by atoms with Crippen molar-refractivity contribution in [1.82, 2.24) is 0 Å². The van der Waals surface area contributed by atoms with E-state index in [2.05, 4.69) is 6.58 Å². The van der Waals surface area contributed by atoms with Gasteiger partial charge in [-0.05, 0) is 18.1 Å². The molecule has 0 spiro atoms. The van der Waals surface area contributed by atoms with Crippen LogP contribution in [0.5, 0.6) is 0 Å². The topological polar surface area (TPSA) is 20.2 Å². The highest BCUT2D eigenvalue weighted by Crippen LogP contribution is 2.13. The Hall–Kier alpha value is -1.34. The minimum Gasteiger partial charge on any atom is -0.392 e. The fourth-order valence-corrected chi connectivity index (χ4v) is 1.19. The van der Waals surface area contributed by atoms with Gasteiger partial charge in [0.1, 0.15) is 0 Å². The van der Waals surface area contributed by atoms with Crippen LogP contribution in [0.4, 0.5) is 0 Å². The zero-order valence-electron chi connectivity index (χ0n) is 7.83. The van der Waals surface area contributed by atoms with Crippen molar-refractivity contribution in [3.63, 3.8) is 0 Å². The summed E-state index contributed by atoms with van der Waals surface area (Å²) in [7, 11) is 0. The van der Waals surface area contributed by atoms with Crippen LogP contribution >= 0.6 is 0 Å². The van der Waals surface area contributed by atoms with Crippen LogP contribution in [-0.4, -0.2) is 5.11 Å². The number of aliphatic hydroxyl groups is 1. The molecule has 0 atom stereocenters. The average molecular weight is 174 g/mol. The molecule has 1 N–H and O–H groups in total. The molecule has 1 nitrogen and oxygen atoms in total. The fraction of sp³-hybridized carbons (Fsp3) is 0.167. The molecule has 0 heterocycles. The predicted octanol–water partition coefficient (Wildman–Crippen LogP) is 2.69. The Balaban J connectivity index is 3.07. The SMILES string of the molecule is C=C/C=C/c1cc(C)ccc1CO. The smallest absolute Gasteiger partial charge is 0.0687 e. The van der Waals surface area contributed by atoms with Crippen LogP contribution in [-0.2, 0) is 6.61 Å². The second kappa shape index (κ2) is 4.63. The Morgan fingerprint density at radius 3 is 2.85 bits per heavy atom. The number of benzene rings is 1. The van der Waals surface area contributed by atoms with E-state index in [1.807, 2.05) is 37.3 Å². The van der Waals surface area contributed by atoms with E-state index >= 15 is 0 Å². The molecular formula is C12H14O. The van der Waals surface area contributed by atoms with Crippen molar-refractivity contribution < 1.29 is 5.11 Å². The van der Waals surface area contributed by atoms with E-state index in [1.54, 1.807) is 6.08 Å². The summed E-state index contributed by atoms with van der Waals surface area (Å²) in [6.45, 7) is 5.72. The van der Waals surface area contributed by atoms with Gasteiger partial charge in [-0.3, -0.25) is 0 Å². The number of aryl methyl sites for hydroxylation is 1. The Morgan fingerprint density at radius 1 is 1.46 bits per heavy atom. The molecule has 0 aromatic heterocycles. The lowest BCUT2D eigenvalue weighted by molar-refractivity contribution is 0.281. The first kappa shape index (κ1) is 9.75. The van der Waals surface area contributed by atoms with Crippen LogP contribution in [0.1, 0.15) is 16.7 Å². The van der Waals surface area contributed by atoms with Gasteiger partial charge in [-0.2, -0.15) is 0 Å². The third-order valence-corrected chi connectivity index (χ3v) is 1.88. The first-order chi connectivity index (χ1) is 6.27. The van der Waals surface area contributed by atoms with Gasteiger partial charge < -0.3 is 5.11 Å². The maximum Gasteiger partial charge on any atom is 0.0687 e. The number of allylic oxidation sites excluding steroid dienone is 2. The Bertz CT molecular complexity index is 324. The molecule has 0 amide bonds. The van der Waals surface area contributed by atoms with Gasteiger partial charge in [0.25, 0.3) is 0 Å². The molecule has 1 heteroatoms. The Labute approximate surface area is 79.0 Å². The molecule has 0 fully saturated rings. The minimum atomic E-state index is 0.0805. The van der Waals surface area contributed by atoms with Gasteiger partial charge in [-0.1, -0.05) is 48.6 Å². The molecule has 1 rings (SSSR count). The molecule has 1 aromatic carbocycles. The number of hydrogen-bond donors (Lipinski definition) is 1. The molecule has 1 aromatic rings.